The van der Waals surface area contributed by atoms with Gasteiger partial charge in [-0.2, -0.15) is 0 Å². The molecule has 34 heavy (non-hydrogen) atoms. The van der Waals surface area contributed by atoms with Crippen LogP contribution in [0.4, 0.5) is 4.79 Å². The number of hydrogen-bond donors (Lipinski definition) is 1. The maximum atomic E-state index is 11.7. The van der Waals surface area contributed by atoms with Crippen LogP contribution in [0.25, 0.3) is 10.8 Å². The van der Waals surface area contributed by atoms with Gasteiger partial charge in [-0.05, 0) is 29.5 Å². The van der Waals surface area contributed by atoms with E-state index < -0.39 is 6.09 Å². The second kappa shape index (κ2) is 9.91. The van der Waals surface area contributed by atoms with Crippen LogP contribution in [-0.2, 0) is 16.1 Å². The Morgan fingerprint density at radius 1 is 1.12 bits per heavy atom. The molecule has 7 nitrogen and oxygen atoms in total. The van der Waals surface area contributed by atoms with Gasteiger partial charge in [0.15, 0.2) is 0 Å². The molecule has 3 unspecified atom stereocenters. The summed E-state index contributed by atoms with van der Waals surface area (Å²) in [5, 5.41) is 11.7. The maximum absolute atomic E-state index is 11.7. The van der Waals surface area contributed by atoms with Crippen molar-refractivity contribution < 1.29 is 28.8 Å². The monoisotopic (exact) mass is 463 g/mol. The number of epoxide rings is 1. The summed E-state index contributed by atoms with van der Waals surface area (Å²) in [6.45, 7) is 2.48. The van der Waals surface area contributed by atoms with Gasteiger partial charge < -0.3 is 29.0 Å². The first-order valence-electron chi connectivity index (χ1n) is 11.6. The van der Waals surface area contributed by atoms with E-state index in [1.165, 1.54) is 4.90 Å². The number of fused-ring (bicyclic) bond motifs is 1. The Morgan fingerprint density at radius 2 is 1.91 bits per heavy atom. The summed E-state index contributed by atoms with van der Waals surface area (Å²) < 4.78 is 23.1. The molecule has 5 rings (SSSR count). The smallest absolute Gasteiger partial charge is 0.407 e. The van der Waals surface area contributed by atoms with Gasteiger partial charge in [-0.25, -0.2) is 4.79 Å². The minimum Gasteiger partial charge on any atom is -0.496 e. The molecule has 0 aliphatic carbocycles. The van der Waals surface area contributed by atoms with Crippen LogP contribution in [0.2, 0.25) is 0 Å². The van der Waals surface area contributed by atoms with Gasteiger partial charge in [-0.1, -0.05) is 48.5 Å². The number of likely N-dealkylation sites (tertiary alicyclic amines) is 1. The van der Waals surface area contributed by atoms with Crippen LogP contribution >= 0.6 is 0 Å². The number of nitrogens with zero attached hydrogens (tertiary/aromatic N) is 1. The lowest BCUT2D eigenvalue weighted by molar-refractivity contribution is -0.0204. The number of ether oxygens (including phenoxy) is 4. The molecule has 0 aromatic heterocycles. The van der Waals surface area contributed by atoms with Crippen molar-refractivity contribution in [3.63, 3.8) is 0 Å². The molecule has 3 aromatic carbocycles. The highest BCUT2D eigenvalue weighted by Gasteiger charge is 2.33. The minimum atomic E-state index is -0.915. The van der Waals surface area contributed by atoms with Crippen LogP contribution in [0.5, 0.6) is 11.5 Å². The Kier molecular flexibility index (Phi) is 6.56. The van der Waals surface area contributed by atoms with E-state index in [1.807, 2.05) is 36.4 Å². The highest BCUT2D eigenvalue weighted by Crippen LogP contribution is 2.34. The average molecular weight is 464 g/mol. The number of methoxy groups -OCH3 is 1. The van der Waals surface area contributed by atoms with Crippen molar-refractivity contribution in [1.82, 2.24) is 4.90 Å². The highest BCUT2D eigenvalue weighted by atomic mass is 16.6. The molecule has 178 valence electrons. The fourth-order valence-corrected chi connectivity index (χ4v) is 4.64. The second-order valence-electron chi connectivity index (χ2n) is 8.79. The van der Waals surface area contributed by atoms with Gasteiger partial charge in [0.2, 0.25) is 0 Å². The van der Waals surface area contributed by atoms with E-state index >= 15 is 0 Å². The molecule has 2 saturated heterocycles. The molecule has 7 heteroatoms. The normalized spacial score (nSPS) is 21.9. The van der Waals surface area contributed by atoms with Crippen molar-refractivity contribution >= 4 is 16.9 Å². The lowest BCUT2D eigenvalue weighted by Crippen LogP contribution is -2.46. The molecule has 2 heterocycles. The molecule has 3 aromatic rings. The van der Waals surface area contributed by atoms with Gasteiger partial charge in [0, 0.05) is 23.4 Å². The van der Waals surface area contributed by atoms with E-state index in [-0.39, 0.29) is 18.1 Å². The Balaban J connectivity index is 1.33. The Morgan fingerprint density at radius 3 is 2.65 bits per heavy atom. The van der Waals surface area contributed by atoms with Crippen LogP contribution in [-0.4, -0.2) is 61.7 Å². The van der Waals surface area contributed by atoms with Crippen LogP contribution in [0.15, 0.2) is 60.7 Å². The van der Waals surface area contributed by atoms with E-state index in [2.05, 4.69) is 24.3 Å². The van der Waals surface area contributed by atoms with Crippen molar-refractivity contribution in [3.8, 4) is 11.5 Å². The maximum Gasteiger partial charge on any atom is 0.407 e. The average Bonchev–Trinajstić information content (AvgIpc) is 3.70. The molecule has 1 amide bonds. The predicted octanol–water partition coefficient (Wildman–Crippen LogP) is 4.68. The number of piperidine rings is 1. The summed E-state index contributed by atoms with van der Waals surface area (Å²) in [4.78, 5) is 13.1. The third-order valence-electron chi connectivity index (χ3n) is 6.59. The molecule has 2 aliphatic rings. The van der Waals surface area contributed by atoms with Crippen molar-refractivity contribution in [2.45, 2.75) is 31.2 Å². The zero-order valence-corrected chi connectivity index (χ0v) is 19.2. The lowest BCUT2D eigenvalue weighted by Gasteiger charge is -2.37. The fraction of sp³-hybridized carbons (Fsp3) is 0.370. The number of benzene rings is 3. The fourth-order valence-electron chi connectivity index (χ4n) is 4.64. The largest absolute Gasteiger partial charge is 0.496 e. The first kappa shape index (κ1) is 22.5. The standard InChI is InChI=1S/C27H29NO6/c1-31-26-20(7-6-18-4-2-3-5-24(18)26)15-34-25-14-28(27(29)30)13-12-23(25)19-8-10-21(11-9-19)32-16-22-17-33-22/h2-11,22-23,25H,12-17H2,1H3,(H,29,30). The topological polar surface area (TPSA) is 80.8 Å². The summed E-state index contributed by atoms with van der Waals surface area (Å²) in [5.41, 5.74) is 2.06. The molecule has 0 radical (unpaired) electrons. The van der Waals surface area contributed by atoms with Crippen LogP contribution in [0.3, 0.4) is 0 Å². The van der Waals surface area contributed by atoms with Crippen molar-refractivity contribution in [2.24, 2.45) is 0 Å². The first-order chi connectivity index (χ1) is 16.6. The van der Waals surface area contributed by atoms with Crippen molar-refractivity contribution in [1.29, 1.82) is 0 Å². The Labute approximate surface area is 198 Å². The van der Waals surface area contributed by atoms with Gasteiger partial charge in [0.1, 0.15) is 24.2 Å². The number of amides is 1. The lowest BCUT2D eigenvalue weighted by atomic mass is 9.87. The number of carbonyl (C=O) groups is 1. The third-order valence-corrected chi connectivity index (χ3v) is 6.59. The molecule has 0 saturated carbocycles. The zero-order chi connectivity index (χ0) is 23.5. The van der Waals surface area contributed by atoms with Gasteiger partial charge in [0.05, 0.1) is 33.0 Å². The zero-order valence-electron chi connectivity index (χ0n) is 19.2. The molecule has 1 N–H and O–H groups in total. The van der Waals surface area contributed by atoms with E-state index in [9.17, 15) is 9.90 Å². The quantitative estimate of drug-likeness (QED) is 0.489. The summed E-state index contributed by atoms with van der Waals surface area (Å²) in [5.74, 6) is 1.69. The van der Waals surface area contributed by atoms with Gasteiger partial charge >= 0.3 is 6.09 Å². The number of hydrogen-bond acceptors (Lipinski definition) is 5. The highest BCUT2D eigenvalue weighted by molar-refractivity contribution is 5.89. The molecule has 0 bridgehead atoms. The van der Waals surface area contributed by atoms with E-state index in [1.54, 1.807) is 7.11 Å². The Hall–Kier alpha value is -3.29. The molecular weight excluding hydrogens is 434 g/mol. The van der Waals surface area contributed by atoms with Crippen LogP contribution in [0, 0.1) is 0 Å². The first-order valence-corrected chi connectivity index (χ1v) is 11.6. The molecule has 3 atom stereocenters. The molecular formula is C27H29NO6. The second-order valence-corrected chi connectivity index (χ2v) is 8.79. The van der Waals surface area contributed by atoms with E-state index in [0.29, 0.717) is 32.7 Å². The van der Waals surface area contributed by atoms with Gasteiger partial charge in [-0.3, -0.25) is 0 Å². The summed E-state index contributed by atoms with van der Waals surface area (Å²) in [6, 6.07) is 20.2. The third kappa shape index (κ3) is 4.95. The van der Waals surface area contributed by atoms with Gasteiger partial charge in [0.25, 0.3) is 0 Å². The van der Waals surface area contributed by atoms with Gasteiger partial charge in [-0.15, -0.1) is 0 Å². The molecule has 2 aliphatic heterocycles. The number of carboxylic acid groups (broad SMARTS) is 1. The summed E-state index contributed by atoms with van der Waals surface area (Å²) in [7, 11) is 1.67. The Bertz CT molecular complexity index is 1140. The molecule has 2 fully saturated rings. The summed E-state index contributed by atoms with van der Waals surface area (Å²) in [6.07, 6.45) is -0.277. The van der Waals surface area contributed by atoms with Crippen molar-refractivity contribution in [2.75, 3.05) is 33.4 Å². The predicted molar refractivity (Wildman–Crippen MR) is 128 cm³/mol. The SMILES string of the molecule is COc1c(COC2CN(C(=O)O)CCC2c2ccc(OCC3CO3)cc2)ccc2ccccc12. The van der Waals surface area contributed by atoms with E-state index in [4.69, 9.17) is 18.9 Å². The van der Waals surface area contributed by atoms with E-state index in [0.717, 1.165) is 40.0 Å². The van der Waals surface area contributed by atoms with Crippen molar-refractivity contribution in [3.05, 3.63) is 71.8 Å². The van der Waals surface area contributed by atoms with Crippen LogP contribution < -0.4 is 9.47 Å². The summed E-state index contributed by atoms with van der Waals surface area (Å²) >= 11 is 0. The molecule has 0 spiro atoms. The minimum absolute atomic E-state index is 0.0860. The van der Waals surface area contributed by atoms with Crippen LogP contribution in [0.1, 0.15) is 23.5 Å². The number of rotatable bonds is 8.